The van der Waals surface area contributed by atoms with Crippen molar-refractivity contribution < 1.29 is 4.42 Å². The zero-order valence-electron chi connectivity index (χ0n) is 19.4. The highest BCUT2D eigenvalue weighted by Crippen LogP contribution is 2.48. The summed E-state index contributed by atoms with van der Waals surface area (Å²) in [4.78, 5) is 0. The predicted octanol–water partition coefficient (Wildman–Crippen LogP) is 10.4. The third-order valence-corrected chi connectivity index (χ3v) is 8.56. The normalized spacial score (nSPS) is 11.9. The Hall–Kier alpha value is -4.40. The molecule has 0 saturated heterocycles. The first-order valence-electron chi connectivity index (χ1n) is 12.2. The Morgan fingerprint density at radius 2 is 1.11 bits per heavy atom. The van der Waals surface area contributed by atoms with Gasteiger partial charge in [-0.3, -0.25) is 0 Å². The van der Waals surface area contributed by atoms with Crippen LogP contribution in [0.25, 0.3) is 74.9 Å². The van der Waals surface area contributed by atoms with Gasteiger partial charge < -0.3 is 4.42 Å². The van der Waals surface area contributed by atoms with Crippen molar-refractivity contribution >= 4 is 64.0 Å². The Morgan fingerprint density at radius 1 is 0.472 bits per heavy atom. The summed E-state index contributed by atoms with van der Waals surface area (Å²) in [5.41, 5.74) is 6.09. The summed E-state index contributed by atoms with van der Waals surface area (Å²) in [6.45, 7) is 0. The lowest BCUT2D eigenvalue weighted by Crippen LogP contribution is -1.90. The van der Waals surface area contributed by atoms with Crippen molar-refractivity contribution in [3.8, 4) is 22.3 Å². The molecule has 2 heterocycles. The zero-order valence-corrected chi connectivity index (χ0v) is 20.2. The molecule has 2 heteroatoms. The van der Waals surface area contributed by atoms with Crippen LogP contribution in [0, 0.1) is 0 Å². The third kappa shape index (κ3) is 2.71. The first-order valence-corrected chi connectivity index (χ1v) is 13.0. The van der Waals surface area contributed by atoms with Crippen LogP contribution in [-0.4, -0.2) is 0 Å². The molecule has 0 aliphatic rings. The Kier molecular flexibility index (Phi) is 4.16. The molecule has 0 spiro atoms. The van der Waals surface area contributed by atoms with E-state index in [0.29, 0.717) is 0 Å². The molecule has 0 saturated carbocycles. The molecule has 1 nitrogen and oxygen atoms in total. The lowest BCUT2D eigenvalue weighted by atomic mass is 9.86. The van der Waals surface area contributed by atoms with Crippen molar-refractivity contribution in [2.24, 2.45) is 0 Å². The molecule has 0 N–H and O–H groups in total. The van der Waals surface area contributed by atoms with Crippen molar-refractivity contribution in [3.63, 3.8) is 0 Å². The number of benzene rings is 6. The smallest absolute Gasteiger partial charge is 0.134 e. The van der Waals surface area contributed by atoms with E-state index < -0.39 is 0 Å². The lowest BCUT2D eigenvalue weighted by molar-refractivity contribution is 0.616. The average Bonchev–Trinajstić information content (AvgIpc) is 3.56. The minimum absolute atomic E-state index is 0.940. The maximum atomic E-state index is 5.73. The number of hydrogen-bond donors (Lipinski definition) is 0. The second-order valence-electron chi connectivity index (χ2n) is 9.26. The Morgan fingerprint density at radius 3 is 1.83 bits per heavy atom. The molecule has 0 radical (unpaired) electrons. The maximum Gasteiger partial charge on any atom is 0.134 e. The number of furan rings is 1. The van der Waals surface area contributed by atoms with Crippen LogP contribution in [-0.2, 0) is 0 Å². The highest BCUT2D eigenvalue weighted by molar-refractivity contribution is 7.26. The van der Waals surface area contributed by atoms with E-state index in [2.05, 4.69) is 115 Å². The number of fused-ring (bicyclic) bond motifs is 7. The quantitative estimate of drug-likeness (QED) is 0.226. The van der Waals surface area contributed by atoms with Crippen LogP contribution in [0.15, 0.2) is 126 Å². The lowest BCUT2D eigenvalue weighted by Gasteiger charge is -2.18. The highest BCUT2D eigenvalue weighted by Gasteiger charge is 2.19. The molecule has 0 aliphatic heterocycles. The van der Waals surface area contributed by atoms with Gasteiger partial charge in [-0.25, -0.2) is 0 Å². The SMILES string of the molecule is c1ccc(-c2c3ccccc3c(-c3cccc4c3sc3ccc5occc5c34)c3ccccc23)cc1. The summed E-state index contributed by atoms with van der Waals surface area (Å²) in [5, 5.41) is 8.91. The largest absolute Gasteiger partial charge is 0.464 e. The van der Waals surface area contributed by atoms with Crippen LogP contribution >= 0.6 is 11.3 Å². The van der Waals surface area contributed by atoms with Gasteiger partial charge in [0.25, 0.3) is 0 Å². The molecule has 8 rings (SSSR count). The Balaban J connectivity index is 1.56. The molecule has 0 aliphatic carbocycles. The van der Waals surface area contributed by atoms with Gasteiger partial charge in [0.1, 0.15) is 5.58 Å². The highest BCUT2D eigenvalue weighted by atomic mass is 32.1. The summed E-state index contributed by atoms with van der Waals surface area (Å²) in [6, 6.07) is 41.7. The van der Waals surface area contributed by atoms with Crippen LogP contribution < -0.4 is 0 Å². The molecule has 36 heavy (non-hydrogen) atoms. The van der Waals surface area contributed by atoms with Gasteiger partial charge in [-0.2, -0.15) is 0 Å². The van der Waals surface area contributed by atoms with Gasteiger partial charge in [0.2, 0.25) is 0 Å². The summed E-state index contributed by atoms with van der Waals surface area (Å²) in [5.74, 6) is 0. The molecule has 6 aromatic carbocycles. The number of rotatable bonds is 2. The Bertz CT molecular complexity index is 2040. The zero-order chi connectivity index (χ0) is 23.6. The second kappa shape index (κ2) is 7.55. The molecule has 0 bridgehead atoms. The van der Waals surface area contributed by atoms with E-state index >= 15 is 0 Å². The van der Waals surface area contributed by atoms with Crippen molar-refractivity contribution in [1.29, 1.82) is 0 Å². The molecule has 0 atom stereocenters. The molecular formula is C34H20OS. The van der Waals surface area contributed by atoms with E-state index in [1.54, 1.807) is 6.26 Å². The average molecular weight is 477 g/mol. The van der Waals surface area contributed by atoms with Gasteiger partial charge in [0.15, 0.2) is 0 Å². The van der Waals surface area contributed by atoms with E-state index in [0.717, 1.165) is 5.58 Å². The minimum Gasteiger partial charge on any atom is -0.464 e. The van der Waals surface area contributed by atoms with Gasteiger partial charge >= 0.3 is 0 Å². The molecule has 0 unspecified atom stereocenters. The van der Waals surface area contributed by atoms with Gasteiger partial charge in [-0.1, -0.05) is 97.1 Å². The summed E-state index contributed by atoms with van der Waals surface area (Å²) in [6.07, 6.45) is 1.79. The molecule has 8 aromatic rings. The van der Waals surface area contributed by atoms with Crippen LogP contribution in [0.1, 0.15) is 0 Å². The fourth-order valence-corrected chi connectivity index (χ4v) is 7.11. The van der Waals surface area contributed by atoms with Crippen molar-refractivity contribution in [1.82, 2.24) is 0 Å². The van der Waals surface area contributed by atoms with Gasteiger partial charge in [-0.05, 0) is 56.4 Å². The molecular weight excluding hydrogens is 456 g/mol. The van der Waals surface area contributed by atoms with E-state index in [4.69, 9.17) is 4.42 Å². The van der Waals surface area contributed by atoms with Crippen molar-refractivity contribution in [2.75, 3.05) is 0 Å². The van der Waals surface area contributed by atoms with Crippen molar-refractivity contribution in [3.05, 3.63) is 122 Å². The summed E-state index contributed by atoms with van der Waals surface area (Å²) < 4.78 is 8.35. The molecule has 0 fully saturated rings. The number of thiophene rings is 1. The second-order valence-corrected chi connectivity index (χ2v) is 10.3. The Labute approximate surface area is 211 Å². The van der Waals surface area contributed by atoms with Crippen LogP contribution in [0.4, 0.5) is 0 Å². The standard InChI is InChI=1S/C34H20OS/c1-2-9-21(10-3-1)31-22-11-4-6-13-24(22)32(25-14-7-5-12-23(25)31)27-15-8-16-28-33-26-19-20-35-29(26)17-18-30(33)36-34(27)28/h1-20H. The van der Waals surface area contributed by atoms with E-state index in [-0.39, 0.29) is 0 Å². The van der Waals surface area contributed by atoms with Crippen LogP contribution in [0.2, 0.25) is 0 Å². The summed E-state index contributed by atoms with van der Waals surface area (Å²) >= 11 is 1.88. The fourth-order valence-electron chi connectivity index (χ4n) is 5.87. The monoisotopic (exact) mass is 476 g/mol. The van der Waals surface area contributed by atoms with E-state index in [1.165, 1.54) is 69.4 Å². The van der Waals surface area contributed by atoms with E-state index in [9.17, 15) is 0 Å². The fraction of sp³-hybridized carbons (Fsp3) is 0. The van der Waals surface area contributed by atoms with Crippen molar-refractivity contribution in [2.45, 2.75) is 0 Å². The number of hydrogen-bond acceptors (Lipinski definition) is 2. The van der Waals surface area contributed by atoms with E-state index in [1.807, 2.05) is 11.3 Å². The topological polar surface area (TPSA) is 13.1 Å². The maximum absolute atomic E-state index is 5.73. The van der Waals surface area contributed by atoms with Crippen LogP contribution in [0.3, 0.4) is 0 Å². The first kappa shape index (κ1) is 19.9. The van der Waals surface area contributed by atoms with Gasteiger partial charge in [0.05, 0.1) is 6.26 Å². The molecule has 168 valence electrons. The first-order chi connectivity index (χ1) is 17.9. The molecule has 2 aromatic heterocycles. The van der Waals surface area contributed by atoms with Gasteiger partial charge in [-0.15, -0.1) is 11.3 Å². The third-order valence-electron chi connectivity index (χ3n) is 7.36. The summed E-state index contributed by atoms with van der Waals surface area (Å²) in [7, 11) is 0. The molecule has 0 amide bonds. The van der Waals surface area contributed by atoms with Gasteiger partial charge in [0, 0.05) is 31.1 Å². The van der Waals surface area contributed by atoms with Crippen LogP contribution in [0.5, 0.6) is 0 Å². The minimum atomic E-state index is 0.940. The predicted molar refractivity (Wildman–Crippen MR) is 155 cm³/mol.